The van der Waals surface area contributed by atoms with E-state index in [1.807, 2.05) is 25.6 Å². The van der Waals surface area contributed by atoms with Crippen LogP contribution in [0.25, 0.3) is 0 Å². The molecule has 0 unspecified atom stereocenters. The minimum absolute atomic E-state index is 0.105. The van der Waals surface area contributed by atoms with Gasteiger partial charge in [-0.1, -0.05) is 0 Å². The van der Waals surface area contributed by atoms with Gasteiger partial charge in [0, 0.05) is 37.7 Å². The number of anilines is 1. The van der Waals surface area contributed by atoms with Crippen molar-refractivity contribution in [2.24, 2.45) is 0 Å². The third-order valence-corrected chi connectivity index (χ3v) is 7.50. The van der Waals surface area contributed by atoms with Gasteiger partial charge >= 0.3 is 0 Å². The van der Waals surface area contributed by atoms with Gasteiger partial charge in [0.1, 0.15) is 5.75 Å². The number of sulfonamides is 1. The van der Waals surface area contributed by atoms with E-state index in [-0.39, 0.29) is 23.5 Å². The molecule has 3 rings (SSSR count). The van der Waals surface area contributed by atoms with Crippen molar-refractivity contribution in [3.05, 3.63) is 18.2 Å². The second-order valence-corrected chi connectivity index (χ2v) is 10.4. The molecule has 2 heterocycles. The van der Waals surface area contributed by atoms with Crippen molar-refractivity contribution >= 4 is 33.4 Å². The second-order valence-electron chi connectivity index (χ2n) is 7.28. The number of nitrogens with zero attached hydrogens (tertiary/aromatic N) is 2. The Labute approximate surface area is 177 Å². The fourth-order valence-electron chi connectivity index (χ4n) is 3.21. The number of hydrogen-bond donors (Lipinski definition) is 1. The third kappa shape index (κ3) is 6.08. The Kier molecular flexibility index (Phi) is 7.80. The van der Waals surface area contributed by atoms with Crippen LogP contribution < -0.4 is 10.1 Å². The van der Waals surface area contributed by atoms with E-state index >= 15 is 0 Å². The van der Waals surface area contributed by atoms with Crippen LogP contribution in [0, 0.1) is 0 Å². The second kappa shape index (κ2) is 10.1. The molecule has 0 spiro atoms. The zero-order chi connectivity index (χ0) is 20.9. The van der Waals surface area contributed by atoms with E-state index in [0.29, 0.717) is 37.7 Å². The van der Waals surface area contributed by atoms with E-state index in [1.165, 1.54) is 16.4 Å². The lowest BCUT2D eigenvalue weighted by Crippen LogP contribution is -2.40. The first-order chi connectivity index (χ1) is 13.9. The predicted molar refractivity (Wildman–Crippen MR) is 114 cm³/mol. The van der Waals surface area contributed by atoms with Gasteiger partial charge in [-0.15, -0.1) is 0 Å². The number of rotatable bonds is 7. The highest BCUT2D eigenvalue weighted by atomic mass is 32.2. The Hall–Kier alpha value is -1.33. The van der Waals surface area contributed by atoms with Crippen LogP contribution in [0.15, 0.2) is 23.1 Å². The van der Waals surface area contributed by atoms with E-state index < -0.39 is 10.0 Å². The Morgan fingerprint density at radius 2 is 1.90 bits per heavy atom. The monoisotopic (exact) mass is 443 g/mol. The fourth-order valence-corrected chi connectivity index (χ4v) is 5.63. The zero-order valence-corrected chi connectivity index (χ0v) is 18.6. The first-order valence-electron chi connectivity index (χ1n) is 9.85. The van der Waals surface area contributed by atoms with Gasteiger partial charge in [-0.05, 0) is 32.0 Å². The molecule has 8 nitrogen and oxygen atoms in total. The molecule has 0 aliphatic carbocycles. The van der Waals surface area contributed by atoms with Gasteiger partial charge in [0.05, 0.1) is 36.4 Å². The number of thioether (sulfide) groups is 1. The number of carbonyl (C=O) groups is 1. The molecule has 10 heteroatoms. The molecule has 0 bridgehead atoms. The number of benzene rings is 1. The van der Waals surface area contributed by atoms with Crippen LogP contribution in [0.1, 0.15) is 13.8 Å². The van der Waals surface area contributed by atoms with E-state index in [9.17, 15) is 13.2 Å². The van der Waals surface area contributed by atoms with Crippen LogP contribution in [0.3, 0.4) is 0 Å². The molecule has 2 aliphatic heterocycles. The fraction of sp³-hybridized carbons (Fsp3) is 0.632. The van der Waals surface area contributed by atoms with Crippen LogP contribution >= 0.6 is 11.8 Å². The van der Waals surface area contributed by atoms with Crippen molar-refractivity contribution in [1.29, 1.82) is 0 Å². The number of amides is 1. The summed E-state index contributed by atoms with van der Waals surface area (Å²) in [5.74, 6) is 2.32. The molecule has 2 fully saturated rings. The van der Waals surface area contributed by atoms with E-state index in [4.69, 9.17) is 9.47 Å². The van der Waals surface area contributed by atoms with Gasteiger partial charge in [-0.25, -0.2) is 8.42 Å². The van der Waals surface area contributed by atoms with Crippen molar-refractivity contribution < 1.29 is 22.7 Å². The van der Waals surface area contributed by atoms with Crippen LogP contribution in [-0.2, 0) is 19.6 Å². The summed E-state index contributed by atoms with van der Waals surface area (Å²) in [5.41, 5.74) is 0.379. The smallest absolute Gasteiger partial charge is 0.243 e. The number of nitrogens with one attached hydrogen (secondary N) is 1. The van der Waals surface area contributed by atoms with Gasteiger partial charge in [0.15, 0.2) is 0 Å². The van der Waals surface area contributed by atoms with Gasteiger partial charge in [-0.2, -0.15) is 16.1 Å². The third-order valence-electron chi connectivity index (χ3n) is 4.67. The maximum absolute atomic E-state index is 13.0. The van der Waals surface area contributed by atoms with Crippen molar-refractivity contribution in [3.63, 3.8) is 0 Å². The summed E-state index contributed by atoms with van der Waals surface area (Å²) in [7, 11) is -3.66. The lowest BCUT2D eigenvalue weighted by Gasteiger charge is -2.27. The summed E-state index contributed by atoms with van der Waals surface area (Å²) >= 11 is 1.88. The molecule has 29 heavy (non-hydrogen) atoms. The van der Waals surface area contributed by atoms with Gasteiger partial charge in [0.2, 0.25) is 15.9 Å². The first-order valence-corrected chi connectivity index (χ1v) is 12.4. The number of hydrogen-bond acceptors (Lipinski definition) is 7. The summed E-state index contributed by atoms with van der Waals surface area (Å²) in [4.78, 5) is 14.8. The molecule has 0 saturated carbocycles. The molecule has 1 aromatic carbocycles. The molecule has 2 saturated heterocycles. The maximum atomic E-state index is 13.0. The minimum Gasteiger partial charge on any atom is -0.489 e. The van der Waals surface area contributed by atoms with Crippen LogP contribution in [0.4, 0.5) is 5.69 Å². The number of morpholine rings is 1. The molecule has 0 atom stereocenters. The van der Waals surface area contributed by atoms with Crippen molar-refractivity contribution in [1.82, 2.24) is 9.21 Å². The summed E-state index contributed by atoms with van der Waals surface area (Å²) in [6.45, 7) is 7.20. The molecule has 1 aromatic rings. The normalized spacial score (nSPS) is 19.3. The van der Waals surface area contributed by atoms with Gasteiger partial charge in [0.25, 0.3) is 0 Å². The SMILES string of the molecule is CC(C)Oc1ccc(S(=O)(=O)N2CCOCC2)cc1NC(=O)CN1CCSCC1. The lowest BCUT2D eigenvalue weighted by molar-refractivity contribution is -0.117. The summed E-state index contributed by atoms with van der Waals surface area (Å²) in [5, 5.41) is 2.86. The molecule has 162 valence electrons. The zero-order valence-electron chi connectivity index (χ0n) is 16.9. The predicted octanol–water partition coefficient (Wildman–Crippen LogP) is 1.48. The Bertz CT molecular complexity index is 804. The topological polar surface area (TPSA) is 88.2 Å². The summed E-state index contributed by atoms with van der Waals surface area (Å²) in [6.07, 6.45) is -0.105. The summed E-state index contributed by atoms with van der Waals surface area (Å²) < 4.78 is 38.4. The molecule has 2 aliphatic rings. The maximum Gasteiger partial charge on any atom is 0.243 e. The van der Waals surface area contributed by atoms with Crippen LogP contribution in [0.2, 0.25) is 0 Å². The quantitative estimate of drug-likeness (QED) is 0.683. The molecule has 1 amide bonds. The van der Waals surface area contributed by atoms with Gasteiger partial charge < -0.3 is 14.8 Å². The van der Waals surface area contributed by atoms with E-state index in [0.717, 1.165) is 24.6 Å². The molecular weight excluding hydrogens is 414 g/mol. The first kappa shape index (κ1) is 22.4. The van der Waals surface area contributed by atoms with Crippen LogP contribution in [-0.4, -0.2) is 87.1 Å². The lowest BCUT2D eigenvalue weighted by atomic mass is 10.2. The van der Waals surface area contributed by atoms with Gasteiger partial charge in [-0.3, -0.25) is 9.69 Å². The Morgan fingerprint density at radius 1 is 1.21 bits per heavy atom. The highest BCUT2D eigenvalue weighted by Crippen LogP contribution is 2.30. The Morgan fingerprint density at radius 3 is 2.55 bits per heavy atom. The number of ether oxygens (including phenoxy) is 2. The average Bonchev–Trinajstić information content (AvgIpc) is 2.70. The molecule has 1 N–H and O–H groups in total. The average molecular weight is 444 g/mol. The highest BCUT2D eigenvalue weighted by Gasteiger charge is 2.27. The van der Waals surface area contributed by atoms with E-state index in [2.05, 4.69) is 10.2 Å². The summed E-state index contributed by atoms with van der Waals surface area (Å²) in [6, 6.07) is 4.63. The van der Waals surface area contributed by atoms with E-state index in [1.54, 1.807) is 6.07 Å². The Balaban J connectivity index is 1.80. The molecular formula is C19H29N3O5S2. The largest absolute Gasteiger partial charge is 0.489 e. The molecule has 0 radical (unpaired) electrons. The number of carbonyl (C=O) groups excluding carboxylic acids is 1. The molecule has 0 aromatic heterocycles. The van der Waals surface area contributed by atoms with Crippen molar-refractivity contribution in [2.45, 2.75) is 24.8 Å². The standard InChI is InChI=1S/C19H29N3O5S2/c1-15(2)27-18-4-3-16(29(24,25)22-5-9-26-10-6-22)13-17(18)20-19(23)14-21-7-11-28-12-8-21/h3-4,13,15H,5-12,14H2,1-2H3,(H,20,23). The van der Waals surface area contributed by atoms with Crippen molar-refractivity contribution in [3.8, 4) is 5.75 Å². The van der Waals surface area contributed by atoms with Crippen LogP contribution in [0.5, 0.6) is 5.75 Å². The minimum atomic E-state index is -3.66. The highest BCUT2D eigenvalue weighted by molar-refractivity contribution is 7.99. The van der Waals surface area contributed by atoms with Crippen molar-refractivity contribution in [2.75, 3.05) is 62.8 Å².